The van der Waals surface area contributed by atoms with E-state index in [1.165, 1.54) is 19.3 Å². The van der Waals surface area contributed by atoms with Crippen LogP contribution in [0.5, 0.6) is 0 Å². The molecular weight excluding hydrogens is 198 g/mol. The zero-order valence-corrected chi connectivity index (χ0v) is 9.51. The number of hydrogen-bond donors (Lipinski definition) is 1. The molecule has 0 unspecified atom stereocenters. The van der Waals surface area contributed by atoms with Crippen LogP contribution >= 0.6 is 0 Å². The number of alkyl halides is 2. The molecular formula is C11H22F2N2. The first kappa shape index (κ1) is 12.8. The zero-order chi connectivity index (χ0) is 11.3. The van der Waals surface area contributed by atoms with Crippen molar-refractivity contribution in [2.24, 2.45) is 5.73 Å². The molecule has 1 aliphatic carbocycles. The topological polar surface area (TPSA) is 29.3 Å². The molecule has 0 bridgehead atoms. The molecule has 15 heavy (non-hydrogen) atoms. The molecule has 0 aromatic rings. The van der Waals surface area contributed by atoms with Crippen molar-refractivity contribution in [2.75, 3.05) is 20.1 Å². The van der Waals surface area contributed by atoms with E-state index < -0.39 is 6.43 Å². The van der Waals surface area contributed by atoms with E-state index >= 15 is 0 Å². The van der Waals surface area contributed by atoms with Crippen molar-refractivity contribution in [3.63, 3.8) is 0 Å². The Bertz CT molecular complexity index is 179. The molecule has 0 atom stereocenters. The average Bonchev–Trinajstić information content (AvgIpc) is 2.15. The zero-order valence-electron chi connectivity index (χ0n) is 9.51. The van der Waals surface area contributed by atoms with Gasteiger partial charge in [0.15, 0.2) is 0 Å². The van der Waals surface area contributed by atoms with Crippen molar-refractivity contribution in [1.29, 1.82) is 0 Å². The highest BCUT2D eigenvalue weighted by atomic mass is 19.3. The smallest absolute Gasteiger partial charge is 0.251 e. The summed E-state index contributed by atoms with van der Waals surface area (Å²) in [5.41, 5.74) is 6.14. The van der Waals surface area contributed by atoms with Gasteiger partial charge in [-0.05, 0) is 32.9 Å². The van der Waals surface area contributed by atoms with Gasteiger partial charge < -0.3 is 10.6 Å². The molecule has 0 spiro atoms. The molecule has 0 aliphatic heterocycles. The Labute approximate surface area is 90.8 Å². The Kier molecular flexibility index (Phi) is 4.93. The van der Waals surface area contributed by atoms with E-state index in [9.17, 15) is 8.78 Å². The van der Waals surface area contributed by atoms with Gasteiger partial charge in [-0.2, -0.15) is 0 Å². The third kappa shape index (κ3) is 4.89. The van der Waals surface area contributed by atoms with E-state index in [4.69, 9.17) is 5.73 Å². The van der Waals surface area contributed by atoms with Crippen LogP contribution in [0.3, 0.4) is 0 Å². The average molecular weight is 220 g/mol. The molecule has 90 valence electrons. The Morgan fingerprint density at radius 3 is 2.40 bits per heavy atom. The van der Waals surface area contributed by atoms with Crippen molar-refractivity contribution < 1.29 is 8.78 Å². The maximum Gasteiger partial charge on any atom is 0.251 e. The minimum absolute atomic E-state index is 0.0887. The fourth-order valence-corrected chi connectivity index (χ4v) is 2.25. The highest BCUT2D eigenvalue weighted by Gasteiger charge is 2.27. The Morgan fingerprint density at radius 1 is 1.27 bits per heavy atom. The van der Waals surface area contributed by atoms with Crippen molar-refractivity contribution in [3.05, 3.63) is 0 Å². The third-order valence-electron chi connectivity index (χ3n) is 3.29. The molecule has 1 aliphatic rings. The van der Waals surface area contributed by atoms with Gasteiger partial charge in [0.2, 0.25) is 0 Å². The lowest BCUT2D eigenvalue weighted by atomic mass is 9.80. The van der Waals surface area contributed by atoms with Crippen LogP contribution in [0, 0.1) is 0 Å². The van der Waals surface area contributed by atoms with Gasteiger partial charge in [0.1, 0.15) is 0 Å². The molecule has 0 heterocycles. The van der Waals surface area contributed by atoms with Gasteiger partial charge in [-0.15, -0.1) is 0 Å². The fraction of sp³-hybridized carbons (Fsp3) is 1.00. The minimum Gasteiger partial charge on any atom is -0.325 e. The van der Waals surface area contributed by atoms with Crippen LogP contribution in [0.1, 0.15) is 38.5 Å². The van der Waals surface area contributed by atoms with E-state index in [0.717, 1.165) is 19.3 Å². The first-order valence-corrected chi connectivity index (χ1v) is 5.77. The number of nitrogens with zero attached hydrogens (tertiary/aromatic N) is 1. The highest BCUT2D eigenvalue weighted by Crippen LogP contribution is 2.28. The summed E-state index contributed by atoms with van der Waals surface area (Å²) in [6, 6.07) is 0. The van der Waals surface area contributed by atoms with E-state index in [-0.39, 0.29) is 12.1 Å². The summed E-state index contributed by atoms with van der Waals surface area (Å²) in [5.74, 6) is 0. The monoisotopic (exact) mass is 220 g/mol. The first-order valence-electron chi connectivity index (χ1n) is 5.77. The van der Waals surface area contributed by atoms with Crippen LogP contribution in [0.25, 0.3) is 0 Å². The molecule has 1 fully saturated rings. The molecule has 0 saturated heterocycles. The lowest BCUT2D eigenvalue weighted by Crippen LogP contribution is -2.44. The second-order valence-electron chi connectivity index (χ2n) is 4.83. The quantitative estimate of drug-likeness (QED) is 0.770. The van der Waals surface area contributed by atoms with E-state index in [1.54, 1.807) is 11.9 Å². The van der Waals surface area contributed by atoms with Gasteiger partial charge in [-0.1, -0.05) is 19.3 Å². The van der Waals surface area contributed by atoms with E-state index in [2.05, 4.69) is 0 Å². The SMILES string of the molecule is CN(CCC1(N)CCCCC1)CC(F)F. The van der Waals surface area contributed by atoms with Gasteiger partial charge in [0.25, 0.3) is 6.43 Å². The molecule has 0 amide bonds. The van der Waals surface area contributed by atoms with Gasteiger partial charge in [-0.3, -0.25) is 0 Å². The van der Waals surface area contributed by atoms with Crippen molar-refractivity contribution >= 4 is 0 Å². The summed E-state index contributed by atoms with van der Waals surface area (Å²) >= 11 is 0. The molecule has 2 nitrogen and oxygen atoms in total. The lowest BCUT2D eigenvalue weighted by molar-refractivity contribution is 0.0946. The number of hydrogen-bond acceptors (Lipinski definition) is 2. The summed E-state index contributed by atoms with van der Waals surface area (Å²) in [6.07, 6.45) is 4.35. The third-order valence-corrected chi connectivity index (χ3v) is 3.29. The van der Waals surface area contributed by atoms with Gasteiger partial charge in [0, 0.05) is 5.54 Å². The van der Waals surface area contributed by atoms with E-state index in [1.807, 2.05) is 0 Å². The Morgan fingerprint density at radius 2 is 1.87 bits per heavy atom. The molecule has 4 heteroatoms. The molecule has 2 N–H and O–H groups in total. The fourth-order valence-electron chi connectivity index (χ4n) is 2.25. The predicted molar refractivity (Wildman–Crippen MR) is 58.1 cm³/mol. The van der Waals surface area contributed by atoms with Crippen LogP contribution < -0.4 is 5.73 Å². The summed E-state index contributed by atoms with van der Waals surface area (Å²) in [6.45, 7) is 0.539. The van der Waals surface area contributed by atoms with Crippen LogP contribution in [0.4, 0.5) is 8.78 Å². The molecule has 1 saturated carbocycles. The van der Waals surface area contributed by atoms with Crippen LogP contribution in [-0.2, 0) is 0 Å². The van der Waals surface area contributed by atoms with Gasteiger partial charge >= 0.3 is 0 Å². The molecule has 1 rings (SSSR count). The lowest BCUT2D eigenvalue weighted by Gasteiger charge is -2.34. The van der Waals surface area contributed by atoms with Crippen LogP contribution in [0.2, 0.25) is 0 Å². The van der Waals surface area contributed by atoms with Crippen molar-refractivity contribution in [3.8, 4) is 0 Å². The molecule has 0 aromatic carbocycles. The molecule has 0 aromatic heterocycles. The Balaban J connectivity index is 2.22. The summed E-state index contributed by atoms with van der Waals surface area (Å²) in [4.78, 5) is 1.67. The number of halogens is 2. The predicted octanol–water partition coefficient (Wildman–Crippen LogP) is 2.23. The maximum atomic E-state index is 12.1. The van der Waals surface area contributed by atoms with Gasteiger partial charge in [0.05, 0.1) is 6.54 Å². The molecule has 0 radical (unpaired) electrons. The maximum absolute atomic E-state index is 12.1. The summed E-state index contributed by atoms with van der Waals surface area (Å²) < 4.78 is 24.1. The standard InChI is InChI=1S/C11H22F2N2/c1-15(9-10(12)13)8-7-11(14)5-3-2-4-6-11/h10H,2-9,14H2,1H3. The first-order chi connectivity index (χ1) is 7.02. The summed E-state index contributed by atoms with van der Waals surface area (Å²) in [5, 5.41) is 0. The van der Waals surface area contributed by atoms with Crippen LogP contribution in [0.15, 0.2) is 0 Å². The largest absolute Gasteiger partial charge is 0.325 e. The van der Waals surface area contributed by atoms with Gasteiger partial charge in [-0.25, -0.2) is 8.78 Å². The highest BCUT2D eigenvalue weighted by molar-refractivity contribution is 4.87. The number of rotatable bonds is 5. The van der Waals surface area contributed by atoms with Crippen molar-refractivity contribution in [2.45, 2.75) is 50.5 Å². The number of nitrogens with two attached hydrogens (primary N) is 1. The normalized spacial score (nSPS) is 21.2. The van der Waals surface area contributed by atoms with Crippen molar-refractivity contribution in [1.82, 2.24) is 4.90 Å². The van der Waals surface area contributed by atoms with E-state index in [0.29, 0.717) is 6.54 Å². The summed E-state index contributed by atoms with van der Waals surface area (Å²) in [7, 11) is 1.73. The second-order valence-corrected chi connectivity index (χ2v) is 4.83. The minimum atomic E-state index is -2.24. The van der Waals surface area contributed by atoms with Crippen LogP contribution in [-0.4, -0.2) is 37.0 Å². The Hall–Kier alpha value is -0.220. The second kappa shape index (κ2) is 5.75.